The molecule has 2 amide bonds. The van der Waals surface area contributed by atoms with Gasteiger partial charge in [-0.25, -0.2) is 4.90 Å². The highest BCUT2D eigenvalue weighted by atomic mass is 16.2. The highest BCUT2D eigenvalue weighted by Gasteiger charge is 2.30. The Hall–Kier alpha value is -1.88. The summed E-state index contributed by atoms with van der Waals surface area (Å²) in [6.07, 6.45) is 0. The van der Waals surface area contributed by atoms with Crippen LogP contribution in [0.4, 0.5) is 11.4 Å². The number of benzene rings is 1. The van der Waals surface area contributed by atoms with Crippen molar-refractivity contribution in [1.82, 2.24) is 0 Å². The van der Waals surface area contributed by atoms with E-state index in [1.807, 2.05) is 12.1 Å². The first kappa shape index (κ1) is 10.6. The quantitative estimate of drug-likeness (QED) is 0.659. The summed E-state index contributed by atoms with van der Waals surface area (Å²) in [6, 6.07) is 6.46. The Kier molecular flexibility index (Phi) is 2.62. The lowest BCUT2D eigenvalue weighted by atomic mass is 10.2. The number of rotatable bonds is 0. The van der Waals surface area contributed by atoms with Crippen molar-refractivity contribution < 1.29 is 9.59 Å². The van der Waals surface area contributed by atoms with Gasteiger partial charge in [0.05, 0.1) is 11.4 Å². The second-order valence-corrected chi connectivity index (χ2v) is 3.70. The van der Waals surface area contributed by atoms with E-state index in [4.69, 9.17) is 5.73 Å². The van der Waals surface area contributed by atoms with Crippen molar-refractivity contribution >= 4 is 23.2 Å². The fourth-order valence-electron chi connectivity index (χ4n) is 1.73. The first-order valence-corrected chi connectivity index (χ1v) is 5.04. The molecular weight excluding hydrogens is 206 g/mol. The van der Waals surface area contributed by atoms with Gasteiger partial charge in [-0.1, -0.05) is 12.1 Å². The molecule has 0 radical (unpaired) electrons. The Morgan fingerprint density at radius 2 is 2.19 bits per heavy atom. The van der Waals surface area contributed by atoms with Gasteiger partial charge in [0.1, 0.15) is 6.04 Å². The number of nitrogens with one attached hydrogen (secondary N) is 1. The van der Waals surface area contributed by atoms with Crippen molar-refractivity contribution in [3.8, 4) is 0 Å². The zero-order chi connectivity index (χ0) is 11.7. The maximum absolute atomic E-state index is 11.9. The molecule has 1 atom stereocenters. The molecule has 16 heavy (non-hydrogen) atoms. The van der Waals surface area contributed by atoms with Crippen LogP contribution in [0, 0.1) is 0 Å². The van der Waals surface area contributed by atoms with Gasteiger partial charge in [0.15, 0.2) is 0 Å². The molecule has 1 aliphatic heterocycles. The first-order valence-electron chi connectivity index (χ1n) is 5.04. The number of anilines is 2. The Bertz CT molecular complexity index is 445. The van der Waals surface area contributed by atoms with Crippen molar-refractivity contribution in [2.45, 2.75) is 13.0 Å². The Morgan fingerprint density at radius 3 is 2.88 bits per heavy atom. The average Bonchev–Trinajstić information content (AvgIpc) is 2.38. The van der Waals surface area contributed by atoms with Gasteiger partial charge in [-0.15, -0.1) is 0 Å². The maximum atomic E-state index is 11.9. The molecule has 84 valence electrons. The highest BCUT2D eigenvalue weighted by molar-refractivity contribution is 6.18. The SMILES string of the molecule is CC(=O)N1C(=O)[C@@H](N)CNc2ccccc21. The van der Waals surface area contributed by atoms with E-state index in [0.29, 0.717) is 12.2 Å². The topological polar surface area (TPSA) is 75.4 Å². The summed E-state index contributed by atoms with van der Waals surface area (Å²) in [5.41, 5.74) is 6.99. The lowest BCUT2D eigenvalue weighted by Gasteiger charge is -2.19. The minimum atomic E-state index is -0.698. The fraction of sp³-hybridized carbons (Fsp3) is 0.273. The van der Waals surface area contributed by atoms with Crippen LogP contribution in [-0.4, -0.2) is 24.4 Å². The van der Waals surface area contributed by atoms with Gasteiger partial charge >= 0.3 is 0 Å². The molecule has 0 bridgehead atoms. The third-order valence-corrected chi connectivity index (χ3v) is 2.51. The molecule has 0 aromatic heterocycles. The van der Waals surface area contributed by atoms with Gasteiger partial charge in [0.2, 0.25) is 5.91 Å². The molecule has 1 heterocycles. The molecule has 5 heteroatoms. The van der Waals surface area contributed by atoms with Crippen LogP contribution in [0.25, 0.3) is 0 Å². The Balaban J connectivity index is 2.53. The summed E-state index contributed by atoms with van der Waals surface area (Å²) in [7, 11) is 0. The molecular formula is C11H13N3O2. The van der Waals surface area contributed by atoms with Crippen molar-refractivity contribution in [2.24, 2.45) is 5.73 Å². The highest BCUT2D eigenvalue weighted by Crippen LogP contribution is 2.28. The Morgan fingerprint density at radius 1 is 1.50 bits per heavy atom. The second-order valence-electron chi connectivity index (χ2n) is 3.70. The molecule has 3 N–H and O–H groups in total. The number of amides is 2. The summed E-state index contributed by atoms with van der Waals surface area (Å²) in [4.78, 5) is 24.5. The predicted octanol–water partition coefficient (Wildman–Crippen LogP) is 0.319. The number of hydrogen-bond acceptors (Lipinski definition) is 4. The molecule has 0 unspecified atom stereocenters. The molecule has 1 aromatic carbocycles. The Labute approximate surface area is 93.2 Å². The summed E-state index contributed by atoms with van der Waals surface area (Å²) in [5, 5.41) is 3.05. The molecule has 2 rings (SSSR count). The molecule has 5 nitrogen and oxygen atoms in total. The zero-order valence-electron chi connectivity index (χ0n) is 8.93. The average molecular weight is 219 g/mol. The summed E-state index contributed by atoms with van der Waals surface area (Å²) >= 11 is 0. The smallest absolute Gasteiger partial charge is 0.252 e. The number of hydrogen-bond donors (Lipinski definition) is 2. The number of fused-ring (bicyclic) bond motifs is 1. The molecule has 0 fully saturated rings. The summed E-state index contributed by atoms with van der Waals surface area (Å²) in [5.74, 6) is -0.693. The van der Waals surface area contributed by atoms with Gasteiger partial charge in [-0.3, -0.25) is 9.59 Å². The van der Waals surface area contributed by atoms with Crippen molar-refractivity contribution in [3.63, 3.8) is 0 Å². The van der Waals surface area contributed by atoms with E-state index in [1.165, 1.54) is 6.92 Å². The van der Waals surface area contributed by atoms with Crippen LogP contribution < -0.4 is 16.0 Å². The van der Waals surface area contributed by atoms with E-state index in [2.05, 4.69) is 5.32 Å². The number of nitrogens with zero attached hydrogens (tertiary/aromatic N) is 1. The lowest BCUT2D eigenvalue weighted by Crippen LogP contribution is -2.47. The number of carbonyl (C=O) groups excluding carboxylic acids is 2. The van der Waals surface area contributed by atoms with Crippen LogP contribution in [0.3, 0.4) is 0 Å². The van der Waals surface area contributed by atoms with Crippen LogP contribution in [-0.2, 0) is 9.59 Å². The molecule has 0 spiro atoms. The van der Waals surface area contributed by atoms with Crippen molar-refractivity contribution in [1.29, 1.82) is 0 Å². The standard InChI is InChI=1S/C11H13N3O2/c1-7(15)14-10-5-3-2-4-9(10)13-6-8(12)11(14)16/h2-5,8,13H,6,12H2,1H3/t8-/m0/s1. The van der Waals surface area contributed by atoms with E-state index >= 15 is 0 Å². The van der Waals surface area contributed by atoms with Gasteiger partial charge in [0, 0.05) is 13.5 Å². The summed E-state index contributed by atoms with van der Waals surface area (Å²) in [6.45, 7) is 1.69. The van der Waals surface area contributed by atoms with Crippen molar-refractivity contribution in [2.75, 3.05) is 16.8 Å². The molecule has 0 saturated carbocycles. The van der Waals surface area contributed by atoms with E-state index < -0.39 is 6.04 Å². The van der Waals surface area contributed by atoms with Crippen LogP contribution in [0.2, 0.25) is 0 Å². The minimum absolute atomic E-state index is 0.323. The monoisotopic (exact) mass is 219 g/mol. The lowest BCUT2D eigenvalue weighted by molar-refractivity contribution is -0.125. The second kappa shape index (κ2) is 3.94. The molecule has 1 aliphatic rings. The zero-order valence-corrected chi connectivity index (χ0v) is 8.93. The van der Waals surface area contributed by atoms with Crippen LogP contribution in [0.15, 0.2) is 24.3 Å². The number of para-hydroxylation sites is 2. The minimum Gasteiger partial charge on any atom is -0.381 e. The normalized spacial score (nSPS) is 19.8. The van der Waals surface area contributed by atoms with Gasteiger partial charge in [-0.05, 0) is 12.1 Å². The number of imide groups is 1. The molecule has 1 aromatic rings. The summed E-state index contributed by atoms with van der Waals surface area (Å²) < 4.78 is 0. The maximum Gasteiger partial charge on any atom is 0.252 e. The molecule has 0 saturated heterocycles. The van der Waals surface area contributed by atoms with E-state index in [1.54, 1.807) is 12.1 Å². The van der Waals surface area contributed by atoms with E-state index in [9.17, 15) is 9.59 Å². The fourth-order valence-corrected chi connectivity index (χ4v) is 1.73. The van der Waals surface area contributed by atoms with Crippen molar-refractivity contribution in [3.05, 3.63) is 24.3 Å². The van der Waals surface area contributed by atoms with Gasteiger partial charge in [-0.2, -0.15) is 0 Å². The van der Waals surface area contributed by atoms with E-state index in [0.717, 1.165) is 10.6 Å². The predicted molar refractivity (Wildman–Crippen MR) is 61.1 cm³/mol. The first-order chi connectivity index (χ1) is 7.61. The number of carbonyl (C=O) groups is 2. The van der Waals surface area contributed by atoms with E-state index in [-0.39, 0.29) is 11.8 Å². The van der Waals surface area contributed by atoms with Gasteiger partial charge in [0.25, 0.3) is 5.91 Å². The van der Waals surface area contributed by atoms with Gasteiger partial charge < -0.3 is 11.1 Å². The third-order valence-electron chi connectivity index (χ3n) is 2.51. The largest absolute Gasteiger partial charge is 0.381 e. The van der Waals surface area contributed by atoms with Crippen LogP contribution in [0.5, 0.6) is 0 Å². The van der Waals surface area contributed by atoms with Crippen LogP contribution in [0.1, 0.15) is 6.92 Å². The third kappa shape index (κ3) is 1.65. The van der Waals surface area contributed by atoms with Crippen LogP contribution >= 0.6 is 0 Å². The molecule has 0 aliphatic carbocycles. The number of nitrogens with two attached hydrogens (primary N) is 1.